The van der Waals surface area contributed by atoms with Crippen LogP contribution in [0.3, 0.4) is 0 Å². The van der Waals surface area contributed by atoms with Crippen LogP contribution in [0.25, 0.3) is 0 Å². The van der Waals surface area contributed by atoms with Gasteiger partial charge in [-0.2, -0.15) is 0 Å². The van der Waals surface area contributed by atoms with E-state index in [1.54, 1.807) is 0 Å². The molecule has 0 aliphatic carbocycles. The third-order valence-corrected chi connectivity index (χ3v) is 3.19. The second kappa shape index (κ2) is 5.52. The quantitative estimate of drug-likeness (QED) is 0.850. The monoisotopic (exact) mass is 269 g/mol. The molecular weight excluding hydrogens is 257 g/mol. The van der Waals surface area contributed by atoms with Gasteiger partial charge in [0.05, 0.1) is 6.54 Å². The number of hydrogen-bond donors (Lipinski definition) is 0. The predicted molar refractivity (Wildman–Crippen MR) is 69.6 cm³/mol. The molecule has 0 saturated carbocycles. The maximum Gasteiger partial charge on any atom is 0.225 e. The van der Waals surface area contributed by atoms with Gasteiger partial charge in [-0.25, -0.2) is 0 Å². The zero-order valence-corrected chi connectivity index (χ0v) is 11.0. The van der Waals surface area contributed by atoms with E-state index < -0.39 is 0 Å². The normalized spacial score (nSPS) is 10.8. The smallest absolute Gasteiger partial charge is 0.225 e. The van der Waals surface area contributed by atoms with Crippen molar-refractivity contribution in [2.45, 2.75) is 26.3 Å². The predicted octanol–water partition coefficient (Wildman–Crippen LogP) is 3.59. The Balaban J connectivity index is 2.29. The van der Waals surface area contributed by atoms with Crippen molar-refractivity contribution in [1.29, 1.82) is 0 Å². The Kier molecular flexibility index (Phi) is 4.02. The third-order valence-electron chi connectivity index (χ3n) is 2.54. The molecule has 0 unspecified atom stereocenters. The average molecular weight is 270 g/mol. The first-order chi connectivity index (χ1) is 8.22. The molecule has 0 atom stereocenters. The lowest BCUT2D eigenvalue weighted by molar-refractivity contribution is 0.706. The molecule has 0 radical (unpaired) electrons. The highest BCUT2D eigenvalue weighted by Crippen LogP contribution is 2.19. The molecule has 0 aliphatic heterocycles. The van der Waals surface area contributed by atoms with Gasteiger partial charge in [0.1, 0.15) is 5.82 Å². The second-order valence-electron chi connectivity index (χ2n) is 3.81. The highest BCUT2D eigenvalue weighted by Gasteiger charge is 2.11. The van der Waals surface area contributed by atoms with E-state index in [0.717, 1.165) is 29.3 Å². The van der Waals surface area contributed by atoms with Gasteiger partial charge in [-0.15, -0.1) is 10.2 Å². The molecule has 90 valence electrons. The summed E-state index contributed by atoms with van der Waals surface area (Å²) < 4.78 is 1.90. The molecule has 0 aliphatic rings. The molecule has 1 heterocycles. The minimum absolute atomic E-state index is 0.411. The van der Waals surface area contributed by atoms with Gasteiger partial charge < -0.3 is 0 Å². The summed E-state index contributed by atoms with van der Waals surface area (Å²) in [5.41, 5.74) is 1.02. The summed E-state index contributed by atoms with van der Waals surface area (Å²) >= 11 is 12.2. The van der Waals surface area contributed by atoms with E-state index in [-0.39, 0.29) is 0 Å². The summed E-state index contributed by atoms with van der Waals surface area (Å²) in [6.45, 7) is 2.71. The molecule has 0 fully saturated rings. The van der Waals surface area contributed by atoms with Crippen LogP contribution in [0.15, 0.2) is 24.3 Å². The van der Waals surface area contributed by atoms with Gasteiger partial charge in [0.2, 0.25) is 5.28 Å². The van der Waals surface area contributed by atoms with E-state index in [1.165, 1.54) is 0 Å². The van der Waals surface area contributed by atoms with Gasteiger partial charge in [0.15, 0.2) is 0 Å². The fourth-order valence-electron chi connectivity index (χ4n) is 1.68. The standard InChI is InChI=1S/C12H13Cl2N3/c1-2-5-11-15-16-12(14)17(11)8-9-6-3-4-7-10(9)13/h3-4,6-7H,2,5,8H2,1H3. The lowest BCUT2D eigenvalue weighted by Gasteiger charge is -2.08. The van der Waals surface area contributed by atoms with Crippen molar-refractivity contribution >= 4 is 23.2 Å². The summed E-state index contributed by atoms with van der Waals surface area (Å²) in [5.74, 6) is 0.900. The molecule has 1 aromatic heterocycles. The maximum absolute atomic E-state index is 6.13. The van der Waals surface area contributed by atoms with E-state index in [2.05, 4.69) is 17.1 Å². The average Bonchev–Trinajstić information content (AvgIpc) is 2.65. The number of halogens is 2. The molecular formula is C12H13Cl2N3. The Morgan fingerprint density at radius 3 is 2.65 bits per heavy atom. The highest BCUT2D eigenvalue weighted by molar-refractivity contribution is 6.31. The van der Waals surface area contributed by atoms with Crippen LogP contribution in [0.1, 0.15) is 24.7 Å². The van der Waals surface area contributed by atoms with Crippen LogP contribution >= 0.6 is 23.2 Å². The number of aryl methyl sites for hydroxylation is 1. The summed E-state index contributed by atoms with van der Waals surface area (Å²) in [6.07, 6.45) is 1.88. The van der Waals surface area contributed by atoms with Gasteiger partial charge in [0.25, 0.3) is 0 Å². The molecule has 3 nitrogen and oxygen atoms in total. The number of hydrogen-bond acceptors (Lipinski definition) is 2. The molecule has 0 N–H and O–H groups in total. The molecule has 0 saturated heterocycles. The lowest BCUT2D eigenvalue weighted by atomic mass is 10.2. The zero-order chi connectivity index (χ0) is 12.3. The molecule has 0 spiro atoms. The minimum atomic E-state index is 0.411. The SMILES string of the molecule is CCCc1nnc(Cl)n1Cc1ccccc1Cl. The van der Waals surface area contributed by atoms with Crippen LogP contribution in [0, 0.1) is 0 Å². The Hall–Kier alpha value is -1.06. The number of benzene rings is 1. The number of aromatic nitrogens is 3. The summed E-state index contributed by atoms with van der Waals surface area (Å²) in [6, 6.07) is 7.72. The molecule has 17 heavy (non-hydrogen) atoms. The van der Waals surface area contributed by atoms with Crippen molar-refractivity contribution in [1.82, 2.24) is 14.8 Å². The van der Waals surface area contributed by atoms with Crippen LogP contribution in [0.2, 0.25) is 10.3 Å². The number of nitrogens with zero attached hydrogens (tertiary/aromatic N) is 3. The first-order valence-electron chi connectivity index (χ1n) is 5.53. The largest absolute Gasteiger partial charge is 0.297 e. The Morgan fingerprint density at radius 2 is 1.94 bits per heavy atom. The Labute approximate surface area is 110 Å². The first kappa shape index (κ1) is 12.4. The number of rotatable bonds is 4. The van der Waals surface area contributed by atoms with Gasteiger partial charge in [-0.1, -0.05) is 36.7 Å². The molecule has 2 aromatic rings. The van der Waals surface area contributed by atoms with E-state index in [4.69, 9.17) is 23.2 Å². The van der Waals surface area contributed by atoms with Crippen LogP contribution in [0.4, 0.5) is 0 Å². The van der Waals surface area contributed by atoms with Crippen molar-refractivity contribution in [3.05, 3.63) is 46.0 Å². The molecule has 0 bridgehead atoms. The summed E-state index contributed by atoms with van der Waals surface area (Å²) in [4.78, 5) is 0. The fourth-order valence-corrected chi connectivity index (χ4v) is 2.07. The van der Waals surface area contributed by atoms with Crippen LogP contribution < -0.4 is 0 Å². The van der Waals surface area contributed by atoms with Gasteiger partial charge in [0, 0.05) is 11.4 Å². The van der Waals surface area contributed by atoms with E-state index in [1.807, 2.05) is 28.8 Å². The summed E-state index contributed by atoms with van der Waals surface area (Å²) in [7, 11) is 0. The fraction of sp³-hybridized carbons (Fsp3) is 0.333. The Bertz CT molecular complexity index is 508. The summed E-state index contributed by atoms with van der Waals surface area (Å²) in [5, 5.41) is 9.11. The van der Waals surface area contributed by atoms with Crippen LogP contribution in [-0.4, -0.2) is 14.8 Å². The topological polar surface area (TPSA) is 30.7 Å². The maximum atomic E-state index is 6.13. The van der Waals surface area contributed by atoms with Gasteiger partial charge in [-0.3, -0.25) is 4.57 Å². The van der Waals surface area contributed by atoms with Crippen molar-refractivity contribution in [3.8, 4) is 0 Å². The van der Waals surface area contributed by atoms with Crippen LogP contribution in [-0.2, 0) is 13.0 Å². The van der Waals surface area contributed by atoms with E-state index in [9.17, 15) is 0 Å². The van der Waals surface area contributed by atoms with Gasteiger partial charge in [-0.05, 0) is 29.7 Å². The lowest BCUT2D eigenvalue weighted by Crippen LogP contribution is -2.05. The van der Waals surface area contributed by atoms with E-state index >= 15 is 0 Å². The first-order valence-corrected chi connectivity index (χ1v) is 6.29. The van der Waals surface area contributed by atoms with Crippen LogP contribution in [0.5, 0.6) is 0 Å². The zero-order valence-electron chi connectivity index (χ0n) is 9.53. The molecule has 1 aromatic carbocycles. The molecule has 5 heteroatoms. The molecule has 2 rings (SSSR count). The van der Waals surface area contributed by atoms with Crippen molar-refractivity contribution in [2.75, 3.05) is 0 Å². The van der Waals surface area contributed by atoms with Crippen molar-refractivity contribution in [2.24, 2.45) is 0 Å². The van der Waals surface area contributed by atoms with Crippen molar-refractivity contribution < 1.29 is 0 Å². The highest BCUT2D eigenvalue weighted by atomic mass is 35.5. The van der Waals surface area contributed by atoms with E-state index in [0.29, 0.717) is 11.8 Å². The Morgan fingerprint density at radius 1 is 1.18 bits per heavy atom. The van der Waals surface area contributed by atoms with Gasteiger partial charge >= 0.3 is 0 Å². The minimum Gasteiger partial charge on any atom is -0.297 e. The van der Waals surface area contributed by atoms with Crippen molar-refractivity contribution in [3.63, 3.8) is 0 Å². The third kappa shape index (κ3) is 2.79. The molecule has 0 amide bonds. The second-order valence-corrected chi connectivity index (χ2v) is 4.56.